The normalized spacial score (nSPS) is 17.4. The highest BCUT2D eigenvalue weighted by molar-refractivity contribution is 5.80. The third kappa shape index (κ3) is 4.48. The first-order valence-corrected chi connectivity index (χ1v) is 8.13. The van der Waals surface area contributed by atoms with Gasteiger partial charge in [0.15, 0.2) is 6.10 Å². The van der Waals surface area contributed by atoms with Gasteiger partial charge in [0.2, 0.25) is 0 Å². The smallest absolute Gasteiger partial charge is 0.263 e. The van der Waals surface area contributed by atoms with E-state index in [4.69, 9.17) is 4.74 Å². The molecule has 0 aromatic heterocycles. The van der Waals surface area contributed by atoms with E-state index in [1.807, 2.05) is 30.0 Å². The SMILES string of the molecule is CC(Oc1cccc(C(C)C)c1)C(=O)N1CCCCCC1. The molecule has 0 aliphatic carbocycles. The molecule has 0 radical (unpaired) electrons. The first kappa shape index (κ1) is 15.9. The van der Waals surface area contributed by atoms with Crippen LogP contribution < -0.4 is 4.74 Å². The Hall–Kier alpha value is -1.51. The standard InChI is InChI=1S/C18H27NO2/c1-14(2)16-9-8-10-17(13-16)21-15(3)18(20)19-11-6-4-5-7-12-19/h8-10,13-15H,4-7,11-12H2,1-3H3. The van der Waals surface area contributed by atoms with Gasteiger partial charge in [-0.25, -0.2) is 0 Å². The molecule has 0 bridgehead atoms. The zero-order valence-electron chi connectivity index (χ0n) is 13.5. The van der Waals surface area contributed by atoms with Crippen LogP contribution in [0.4, 0.5) is 0 Å². The molecule has 0 saturated carbocycles. The summed E-state index contributed by atoms with van der Waals surface area (Å²) < 4.78 is 5.87. The summed E-state index contributed by atoms with van der Waals surface area (Å²) in [6.45, 7) is 7.92. The molecule has 1 heterocycles. The van der Waals surface area contributed by atoms with Crippen molar-refractivity contribution in [3.63, 3.8) is 0 Å². The number of carbonyl (C=O) groups excluding carboxylic acids is 1. The summed E-state index contributed by atoms with van der Waals surface area (Å²) in [7, 11) is 0. The van der Waals surface area contributed by atoms with Crippen molar-refractivity contribution in [2.45, 2.75) is 58.5 Å². The number of benzene rings is 1. The lowest BCUT2D eigenvalue weighted by Crippen LogP contribution is -2.41. The van der Waals surface area contributed by atoms with E-state index in [0.717, 1.165) is 31.7 Å². The number of hydrogen-bond donors (Lipinski definition) is 0. The summed E-state index contributed by atoms with van der Waals surface area (Å²) in [5.74, 6) is 1.37. The van der Waals surface area contributed by atoms with Crippen LogP contribution in [0.1, 0.15) is 57.9 Å². The van der Waals surface area contributed by atoms with Crippen LogP contribution in [0.3, 0.4) is 0 Å². The maximum atomic E-state index is 12.5. The fourth-order valence-corrected chi connectivity index (χ4v) is 2.75. The number of amides is 1. The Morgan fingerprint density at radius 3 is 2.38 bits per heavy atom. The van der Waals surface area contributed by atoms with Gasteiger partial charge in [-0.2, -0.15) is 0 Å². The molecule has 3 heteroatoms. The lowest BCUT2D eigenvalue weighted by atomic mass is 10.0. The monoisotopic (exact) mass is 289 g/mol. The van der Waals surface area contributed by atoms with Crippen LogP contribution in [0.5, 0.6) is 5.75 Å². The lowest BCUT2D eigenvalue weighted by Gasteiger charge is -2.24. The van der Waals surface area contributed by atoms with Crippen molar-refractivity contribution in [3.05, 3.63) is 29.8 Å². The van der Waals surface area contributed by atoms with E-state index >= 15 is 0 Å². The van der Waals surface area contributed by atoms with Gasteiger partial charge in [0.05, 0.1) is 0 Å². The van der Waals surface area contributed by atoms with Crippen LogP contribution in [0, 0.1) is 0 Å². The quantitative estimate of drug-likeness (QED) is 0.839. The Morgan fingerprint density at radius 2 is 1.76 bits per heavy atom. The summed E-state index contributed by atoms with van der Waals surface area (Å²) in [5.41, 5.74) is 1.24. The van der Waals surface area contributed by atoms with Crippen molar-refractivity contribution < 1.29 is 9.53 Å². The first-order chi connectivity index (χ1) is 10.1. The van der Waals surface area contributed by atoms with Crippen LogP contribution in [-0.2, 0) is 4.79 Å². The van der Waals surface area contributed by atoms with Gasteiger partial charge in [0.25, 0.3) is 5.91 Å². The van der Waals surface area contributed by atoms with E-state index in [1.165, 1.54) is 18.4 Å². The maximum Gasteiger partial charge on any atom is 0.263 e. The molecule has 1 aliphatic rings. The minimum atomic E-state index is -0.412. The molecule has 0 spiro atoms. The third-order valence-corrected chi connectivity index (χ3v) is 4.10. The predicted molar refractivity (Wildman–Crippen MR) is 85.7 cm³/mol. The molecular weight excluding hydrogens is 262 g/mol. The van der Waals surface area contributed by atoms with Gasteiger partial charge in [0, 0.05) is 13.1 Å². The van der Waals surface area contributed by atoms with Crippen molar-refractivity contribution in [2.24, 2.45) is 0 Å². The molecular formula is C18H27NO2. The molecule has 1 unspecified atom stereocenters. The highest BCUT2D eigenvalue weighted by atomic mass is 16.5. The highest BCUT2D eigenvalue weighted by Gasteiger charge is 2.22. The zero-order chi connectivity index (χ0) is 15.2. The lowest BCUT2D eigenvalue weighted by molar-refractivity contribution is -0.137. The number of carbonyl (C=O) groups is 1. The summed E-state index contributed by atoms with van der Waals surface area (Å²) in [4.78, 5) is 14.4. The van der Waals surface area contributed by atoms with Crippen molar-refractivity contribution in [1.82, 2.24) is 4.90 Å². The fraction of sp³-hybridized carbons (Fsp3) is 0.611. The molecule has 1 aromatic rings. The van der Waals surface area contributed by atoms with E-state index in [-0.39, 0.29) is 5.91 Å². The minimum absolute atomic E-state index is 0.117. The molecule has 21 heavy (non-hydrogen) atoms. The number of nitrogens with zero attached hydrogens (tertiary/aromatic N) is 1. The molecule has 1 saturated heterocycles. The molecule has 116 valence electrons. The van der Waals surface area contributed by atoms with E-state index in [1.54, 1.807) is 0 Å². The summed E-state index contributed by atoms with van der Waals surface area (Å²) in [5, 5.41) is 0. The second kappa shape index (κ2) is 7.48. The van der Waals surface area contributed by atoms with E-state index in [2.05, 4.69) is 19.9 Å². The Kier molecular flexibility index (Phi) is 5.66. The average Bonchev–Trinajstić information content (AvgIpc) is 2.75. The van der Waals surface area contributed by atoms with Gasteiger partial charge in [-0.15, -0.1) is 0 Å². The molecule has 1 amide bonds. The molecule has 3 nitrogen and oxygen atoms in total. The van der Waals surface area contributed by atoms with Crippen LogP contribution in [-0.4, -0.2) is 30.0 Å². The molecule has 1 fully saturated rings. The van der Waals surface area contributed by atoms with E-state index < -0.39 is 6.10 Å². The summed E-state index contributed by atoms with van der Waals surface area (Å²) in [6.07, 6.45) is 4.28. The number of likely N-dealkylation sites (tertiary alicyclic amines) is 1. The average molecular weight is 289 g/mol. The van der Waals surface area contributed by atoms with Crippen LogP contribution in [0.25, 0.3) is 0 Å². The molecule has 2 rings (SSSR count). The van der Waals surface area contributed by atoms with E-state index in [9.17, 15) is 4.79 Å². The maximum absolute atomic E-state index is 12.5. The van der Waals surface area contributed by atoms with Crippen molar-refractivity contribution in [2.75, 3.05) is 13.1 Å². The Balaban J connectivity index is 1.98. The summed E-state index contributed by atoms with van der Waals surface area (Å²) in [6, 6.07) is 8.06. The molecule has 1 atom stereocenters. The Labute approximate surface area is 128 Å². The fourth-order valence-electron chi connectivity index (χ4n) is 2.75. The zero-order valence-corrected chi connectivity index (χ0v) is 13.5. The highest BCUT2D eigenvalue weighted by Crippen LogP contribution is 2.21. The van der Waals surface area contributed by atoms with Crippen LogP contribution in [0.15, 0.2) is 24.3 Å². The van der Waals surface area contributed by atoms with E-state index in [0.29, 0.717) is 5.92 Å². The number of rotatable bonds is 4. The van der Waals surface area contributed by atoms with Gasteiger partial charge in [-0.1, -0.05) is 38.8 Å². The minimum Gasteiger partial charge on any atom is -0.481 e. The summed E-state index contributed by atoms with van der Waals surface area (Å²) >= 11 is 0. The van der Waals surface area contributed by atoms with Gasteiger partial charge in [0.1, 0.15) is 5.75 Å². The van der Waals surface area contributed by atoms with Gasteiger partial charge in [-0.3, -0.25) is 4.79 Å². The number of hydrogen-bond acceptors (Lipinski definition) is 2. The first-order valence-electron chi connectivity index (χ1n) is 8.13. The van der Waals surface area contributed by atoms with Gasteiger partial charge >= 0.3 is 0 Å². The molecule has 1 aliphatic heterocycles. The molecule has 1 aromatic carbocycles. The molecule has 0 N–H and O–H groups in total. The van der Waals surface area contributed by atoms with Crippen molar-refractivity contribution in [1.29, 1.82) is 0 Å². The predicted octanol–water partition coefficient (Wildman–Crippen LogP) is 3.98. The van der Waals surface area contributed by atoms with Crippen molar-refractivity contribution >= 4 is 5.91 Å². The Bertz CT molecular complexity index is 462. The van der Waals surface area contributed by atoms with Crippen LogP contribution >= 0.6 is 0 Å². The van der Waals surface area contributed by atoms with Crippen molar-refractivity contribution in [3.8, 4) is 5.75 Å². The number of ether oxygens (including phenoxy) is 1. The second-order valence-electron chi connectivity index (χ2n) is 6.23. The van der Waals surface area contributed by atoms with Gasteiger partial charge in [-0.05, 0) is 43.4 Å². The van der Waals surface area contributed by atoms with Crippen LogP contribution in [0.2, 0.25) is 0 Å². The largest absolute Gasteiger partial charge is 0.481 e. The Morgan fingerprint density at radius 1 is 1.10 bits per heavy atom. The second-order valence-corrected chi connectivity index (χ2v) is 6.23. The van der Waals surface area contributed by atoms with Gasteiger partial charge < -0.3 is 9.64 Å². The topological polar surface area (TPSA) is 29.5 Å². The third-order valence-electron chi connectivity index (χ3n) is 4.10.